The van der Waals surface area contributed by atoms with E-state index in [-0.39, 0.29) is 33.2 Å². The fourth-order valence-corrected chi connectivity index (χ4v) is 3.89. The number of Topliss-reactive ketones (excluding diaryl/α,β-unsaturated/α-hetero) is 1. The molecule has 1 aliphatic carbocycles. The Morgan fingerprint density at radius 2 is 0.968 bits per heavy atom. The predicted octanol–water partition coefficient (Wildman–Crippen LogP) is 8.34. The van der Waals surface area contributed by atoms with E-state index in [2.05, 4.69) is 89.2 Å². The summed E-state index contributed by atoms with van der Waals surface area (Å²) in [6.07, 6.45) is 6.17. The zero-order chi connectivity index (χ0) is 24.2. The second kappa shape index (κ2) is 7.80. The van der Waals surface area contributed by atoms with E-state index < -0.39 is 0 Å². The maximum Gasteiger partial charge on any atom is 0.186 e. The Bertz CT molecular complexity index is 899. The lowest BCUT2D eigenvalue weighted by atomic mass is 9.71. The number of carbonyl (C=O) groups is 1. The lowest BCUT2D eigenvalue weighted by Gasteiger charge is -2.31. The zero-order valence-electron chi connectivity index (χ0n) is 21.7. The summed E-state index contributed by atoms with van der Waals surface area (Å²) in [7, 11) is 0. The molecule has 0 aliphatic heterocycles. The smallest absolute Gasteiger partial charge is 0.186 e. The first-order valence-corrected chi connectivity index (χ1v) is 11.3. The second-order valence-electron chi connectivity index (χ2n) is 13.0. The normalized spacial score (nSPS) is 16.3. The maximum absolute atomic E-state index is 13.2. The van der Waals surface area contributed by atoms with Crippen molar-refractivity contribution in [2.75, 3.05) is 0 Å². The summed E-state index contributed by atoms with van der Waals surface area (Å²) >= 11 is 0. The van der Waals surface area contributed by atoms with Crippen molar-refractivity contribution in [1.29, 1.82) is 0 Å². The van der Waals surface area contributed by atoms with Gasteiger partial charge in [0.15, 0.2) is 11.5 Å². The minimum Gasteiger partial charge on any atom is -0.289 e. The van der Waals surface area contributed by atoms with Crippen molar-refractivity contribution in [3.05, 3.63) is 57.7 Å². The Morgan fingerprint density at radius 3 is 1.26 bits per heavy atom. The Labute approximate surface area is 190 Å². The van der Waals surface area contributed by atoms with Crippen LogP contribution >= 0.6 is 0 Å². The van der Waals surface area contributed by atoms with E-state index in [0.717, 1.165) is 33.4 Å². The van der Waals surface area contributed by atoms with Crippen LogP contribution in [-0.4, -0.2) is 5.78 Å². The van der Waals surface area contributed by atoms with Gasteiger partial charge in [-0.2, -0.15) is 0 Å². The number of allylic oxidation sites excluding steroid dienone is 5. The molecule has 1 aromatic rings. The van der Waals surface area contributed by atoms with Gasteiger partial charge in [-0.05, 0) is 63.2 Å². The summed E-state index contributed by atoms with van der Waals surface area (Å²) in [4.78, 5) is 13.2. The summed E-state index contributed by atoms with van der Waals surface area (Å²) in [5.41, 5.74) is 4.37. The van der Waals surface area contributed by atoms with Gasteiger partial charge in [0.1, 0.15) is 0 Å². The fourth-order valence-electron chi connectivity index (χ4n) is 3.89. The van der Waals surface area contributed by atoms with Gasteiger partial charge in [-0.25, -0.2) is 0 Å². The highest BCUT2D eigenvalue weighted by Crippen LogP contribution is 2.42. The molecule has 169 valence electrons. The summed E-state index contributed by atoms with van der Waals surface area (Å²) in [5.74, 6) is 0.274. The van der Waals surface area contributed by atoms with E-state index in [9.17, 15) is 9.90 Å². The molecule has 1 radical (unpaired) electrons. The van der Waals surface area contributed by atoms with E-state index in [1.165, 1.54) is 0 Å². The first kappa shape index (κ1) is 25.2. The molecule has 0 unspecified atom stereocenters. The molecule has 2 rings (SSSR count). The molecule has 0 saturated heterocycles. The van der Waals surface area contributed by atoms with Crippen LogP contribution in [0.15, 0.2) is 41.0 Å². The Morgan fingerprint density at radius 1 is 0.613 bits per heavy atom. The molecule has 0 fully saturated rings. The number of benzene rings is 1. The molecule has 0 N–H and O–H groups in total. The van der Waals surface area contributed by atoms with E-state index in [1.54, 1.807) is 0 Å². The molecule has 0 spiro atoms. The highest BCUT2D eigenvalue weighted by Gasteiger charge is 2.34. The van der Waals surface area contributed by atoms with Gasteiger partial charge in [-0.3, -0.25) is 9.90 Å². The van der Waals surface area contributed by atoms with Gasteiger partial charge in [0.2, 0.25) is 0 Å². The largest absolute Gasteiger partial charge is 0.289 e. The average molecular weight is 422 g/mol. The number of carbonyl (C=O) groups excluding carboxylic acids is 1. The molecule has 0 atom stereocenters. The van der Waals surface area contributed by atoms with Crippen LogP contribution < -0.4 is 0 Å². The van der Waals surface area contributed by atoms with Crippen molar-refractivity contribution in [2.45, 2.75) is 93.9 Å². The third-order valence-corrected chi connectivity index (χ3v) is 5.79. The van der Waals surface area contributed by atoms with Gasteiger partial charge >= 0.3 is 0 Å². The molecule has 2 heteroatoms. The van der Waals surface area contributed by atoms with Gasteiger partial charge in [-0.15, -0.1) is 0 Å². The maximum atomic E-state index is 13.2. The molecular formula is C29H41O2. The monoisotopic (exact) mass is 421 g/mol. The molecule has 0 amide bonds. The molecule has 0 heterocycles. The van der Waals surface area contributed by atoms with Crippen molar-refractivity contribution in [2.24, 2.45) is 10.8 Å². The van der Waals surface area contributed by atoms with Crippen molar-refractivity contribution < 1.29 is 9.90 Å². The number of hydrogen-bond acceptors (Lipinski definition) is 1. The van der Waals surface area contributed by atoms with Crippen molar-refractivity contribution in [1.82, 2.24) is 0 Å². The minimum absolute atomic E-state index is 0.137. The third-order valence-electron chi connectivity index (χ3n) is 5.79. The van der Waals surface area contributed by atoms with Gasteiger partial charge in [0.05, 0.1) is 0 Å². The van der Waals surface area contributed by atoms with Crippen LogP contribution in [0.5, 0.6) is 5.75 Å². The van der Waals surface area contributed by atoms with Crippen LogP contribution in [0.25, 0.3) is 6.08 Å². The summed E-state index contributed by atoms with van der Waals surface area (Å²) in [5, 5.41) is 13.2. The molecule has 0 bridgehead atoms. The summed E-state index contributed by atoms with van der Waals surface area (Å²) < 4.78 is 0. The first-order chi connectivity index (χ1) is 13.7. The Balaban J connectivity index is 2.81. The fraction of sp³-hybridized carbons (Fsp3) is 0.552. The molecular weight excluding hydrogens is 380 g/mol. The molecule has 0 saturated carbocycles. The van der Waals surface area contributed by atoms with Crippen LogP contribution in [0.4, 0.5) is 0 Å². The Kier molecular flexibility index (Phi) is 6.33. The van der Waals surface area contributed by atoms with Crippen LogP contribution in [0, 0.1) is 10.8 Å². The molecule has 1 aliphatic rings. The van der Waals surface area contributed by atoms with Gasteiger partial charge in [-0.1, -0.05) is 83.1 Å². The highest BCUT2D eigenvalue weighted by molar-refractivity contribution is 6.12. The second-order valence-corrected chi connectivity index (χ2v) is 13.0. The number of rotatable bonds is 1. The van der Waals surface area contributed by atoms with E-state index in [0.29, 0.717) is 0 Å². The molecule has 0 aromatic heterocycles. The van der Waals surface area contributed by atoms with Crippen molar-refractivity contribution >= 4 is 11.9 Å². The first-order valence-electron chi connectivity index (χ1n) is 11.3. The SMILES string of the molecule is CC(C)(C)C1=CC(=Cc2cc(C(C)(C)C)c([O])c(C(C)(C)C)c2)C=C(C(C)(C)C)C1=O. The van der Waals surface area contributed by atoms with Gasteiger partial charge < -0.3 is 0 Å². The average Bonchev–Trinajstić information content (AvgIpc) is 2.53. The van der Waals surface area contributed by atoms with Gasteiger partial charge in [0, 0.05) is 22.3 Å². The number of ketones is 1. The topological polar surface area (TPSA) is 37.0 Å². The zero-order valence-corrected chi connectivity index (χ0v) is 21.7. The van der Waals surface area contributed by atoms with Crippen LogP contribution in [0.3, 0.4) is 0 Å². The molecule has 2 nitrogen and oxygen atoms in total. The van der Waals surface area contributed by atoms with E-state index in [4.69, 9.17) is 0 Å². The highest BCUT2D eigenvalue weighted by atomic mass is 16.3. The molecule has 1 aromatic carbocycles. The standard InChI is InChI=1S/C29H41O2/c1-26(2,3)20-14-18(15-21(24(20)30)27(4,5)6)13-19-16-22(28(7,8)9)25(31)23(17-19)29(10,11)12/h13-17H,1-12H3. The lowest BCUT2D eigenvalue weighted by molar-refractivity contribution is -0.114. The van der Waals surface area contributed by atoms with Crippen LogP contribution in [0.1, 0.15) is 99.8 Å². The lowest BCUT2D eigenvalue weighted by Crippen LogP contribution is -2.27. The third kappa shape index (κ3) is 5.59. The van der Waals surface area contributed by atoms with Crippen molar-refractivity contribution in [3.63, 3.8) is 0 Å². The van der Waals surface area contributed by atoms with E-state index >= 15 is 0 Å². The summed E-state index contributed by atoms with van der Waals surface area (Å²) in [6, 6.07) is 4.05. The minimum atomic E-state index is -0.243. The summed E-state index contributed by atoms with van der Waals surface area (Å²) in [6.45, 7) is 25.0. The quantitative estimate of drug-likeness (QED) is 0.449. The Hall–Kier alpha value is -2.09. The number of hydrogen-bond donors (Lipinski definition) is 0. The van der Waals surface area contributed by atoms with Crippen LogP contribution in [0.2, 0.25) is 0 Å². The van der Waals surface area contributed by atoms with Crippen LogP contribution in [-0.2, 0) is 20.7 Å². The van der Waals surface area contributed by atoms with E-state index in [1.807, 2.05) is 24.3 Å². The predicted molar refractivity (Wildman–Crippen MR) is 132 cm³/mol. The van der Waals surface area contributed by atoms with Gasteiger partial charge in [0.25, 0.3) is 0 Å². The molecule has 31 heavy (non-hydrogen) atoms. The van der Waals surface area contributed by atoms with Crippen molar-refractivity contribution in [3.8, 4) is 5.75 Å².